The van der Waals surface area contributed by atoms with Crippen LogP contribution in [0, 0.1) is 29.0 Å². The number of aliphatic hydroxyl groups excluding tert-OH is 1. The number of hydrogen-bond acceptors (Lipinski definition) is 4. The Morgan fingerprint density at radius 3 is 2.27 bits per heavy atom. The van der Waals surface area contributed by atoms with Crippen LogP contribution in [0.5, 0.6) is 5.75 Å². The number of amides is 1. The highest BCUT2D eigenvalue weighted by Gasteiger charge is 2.51. The van der Waals surface area contributed by atoms with Gasteiger partial charge in [-0.1, -0.05) is 0 Å². The maximum Gasteiger partial charge on any atom is 0.329 e. The van der Waals surface area contributed by atoms with Crippen molar-refractivity contribution in [1.29, 1.82) is 0 Å². The van der Waals surface area contributed by atoms with Crippen molar-refractivity contribution in [3.63, 3.8) is 0 Å². The minimum atomic E-state index is -1.34. The molecule has 1 aromatic rings. The molecule has 0 unspecified atom stereocenters. The van der Waals surface area contributed by atoms with Gasteiger partial charge in [-0.05, 0) is 93.1 Å². The third kappa shape index (κ3) is 3.72. The first-order chi connectivity index (χ1) is 15.8. The third-order valence-electron chi connectivity index (χ3n) is 8.93. The van der Waals surface area contributed by atoms with E-state index in [4.69, 9.17) is 4.74 Å². The molecule has 178 valence electrons. The Balaban J connectivity index is 1.24. The summed E-state index contributed by atoms with van der Waals surface area (Å²) < 4.78 is 21.5. The Bertz CT molecular complexity index is 954. The predicted molar refractivity (Wildman–Crippen MR) is 118 cm³/mol. The molecule has 1 amide bonds. The second kappa shape index (κ2) is 7.69. The number of aliphatic hydroxyl groups is 1. The van der Waals surface area contributed by atoms with Gasteiger partial charge in [-0.2, -0.15) is 0 Å². The van der Waals surface area contributed by atoms with Crippen molar-refractivity contribution in [1.82, 2.24) is 4.90 Å². The van der Waals surface area contributed by atoms with Gasteiger partial charge in [0.05, 0.1) is 18.3 Å². The molecule has 6 fully saturated rings. The van der Waals surface area contributed by atoms with Crippen LogP contribution in [0.2, 0.25) is 0 Å². The Kier molecular flexibility index (Phi) is 4.98. The molecule has 6 aliphatic rings. The van der Waals surface area contributed by atoms with Crippen LogP contribution >= 0.6 is 0 Å². The molecular weight excluding hydrogens is 425 g/mol. The number of nitrogens with zero attached hydrogens (tertiary/aromatic N) is 1. The first-order valence-corrected chi connectivity index (χ1v) is 12.5. The lowest BCUT2D eigenvalue weighted by Gasteiger charge is -2.56. The molecule has 7 heteroatoms. The highest BCUT2D eigenvalue weighted by Crippen LogP contribution is 2.60. The first-order valence-electron chi connectivity index (χ1n) is 12.5. The number of carboxylic acid groups (broad SMARTS) is 1. The van der Waals surface area contributed by atoms with Crippen molar-refractivity contribution in [3.8, 4) is 5.75 Å². The van der Waals surface area contributed by atoms with Gasteiger partial charge in [-0.3, -0.25) is 4.79 Å². The van der Waals surface area contributed by atoms with Crippen molar-refractivity contribution < 1.29 is 28.9 Å². The second-order valence-electron chi connectivity index (χ2n) is 11.5. The number of halogens is 1. The van der Waals surface area contributed by atoms with Gasteiger partial charge in [0.2, 0.25) is 0 Å². The van der Waals surface area contributed by atoms with Gasteiger partial charge in [-0.15, -0.1) is 0 Å². The van der Waals surface area contributed by atoms with E-state index in [1.165, 1.54) is 44.6 Å². The molecule has 7 rings (SSSR count). The summed E-state index contributed by atoms with van der Waals surface area (Å²) in [6.45, 7) is 0.710. The minimum absolute atomic E-state index is 0.0967. The average molecular weight is 458 g/mol. The Hall–Kier alpha value is -2.15. The summed E-state index contributed by atoms with van der Waals surface area (Å²) in [6, 6.07) is 1.57. The van der Waals surface area contributed by atoms with E-state index < -0.39 is 29.8 Å². The third-order valence-corrected chi connectivity index (χ3v) is 8.93. The highest BCUT2D eigenvalue weighted by molar-refractivity contribution is 5.97. The lowest BCUT2D eigenvalue weighted by Crippen LogP contribution is -2.48. The summed E-state index contributed by atoms with van der Waals surface area (Å²) in [5, 5.41) is 19.4. The molecule has 6 nitrogen and oxygen atoms in total. The van der Waals surface area contributed by atoms with Gasteiger partial charge in [0.25, 0.3) is 5.91 Å². The van der Waals surface area contributed by atoms with Crippen LogP contribution in [0.1, 0.15) is 79.6 Å². The van der Waals surface area contributed by atoms with E-state index in [2.05, 4.69) is 0 Å². The van der Waals surface area contributed by atoms with Crippen molar-refractivity contribution in [2.75, 3.05) is 13.2 Å². The predicted octanol–water partition coefficient (Wildman–Crippen LogP) is 3.96. The molecule has 1 heterocycles. The summed E-state index contributed by atoms with van der Waals surface area (Å²) in [5.41, 5.74) is 0.941. The fraction of sp³-hybridized carbons (Fsp3) is 0.692. The smallest absolute Gasteiger partial charge is 0.329 e. The van der Waals surface area contributed by atoms with Crippen molar-refractivity contribution in [2.45, 2.75) is 75.9 Å². The zero-order valence-corrected chi connectivity index (χ0v) is 18.8. The summed E-state index contributed by atoms with van der Waals surface area (Å²) in [6.07, 6.45) is 8.72. The molecule has 1 aromatic carbocycles. The van der Waals surface area contributed by atoms with Gasteiger partial charge in [0.15, 0.2) is 6.04 Å². The fourth-order valence-corrected chi connectivity index (χ4v) is 7.73. The number of likely N-dealkylation sites (tertiary alicyclic amines) is 1. The lowest BCUT2D eigenvalue weighted by atomic mass is 9.50. The van der Waals surface area contributed by atoms with Crippen molar-refractivity contribution >= 4 is 11.9 Å². The Morgan fingerprint density at radius 2 is 1.70 bits per heavy atom. The molecule has 5 saturated carbocycles. The number of carboxylic acids is 1. The number of carbonyl (C=O) groups excluding carboxylic acids is 1. The Morgan fingerprint density at radius 1 is 1.06 bits per heavy atom. The minimum Gasteiger partial charge on any atom is -0.493 e. The maximum atomic E-state index is 15.2. The lowest BCUT2D eigenvalue weighted by molar-refractivity contribution is -0.144. The van der Waals surface area contributed by atoms with Crippen LogP contribution in [0.25, 0.3) is 0 Å². The molecule has 4 bridgehead atoms. The fourth-order valence-electron chi connectivity index (χ4n) is 7.73. The Labute approximate surface area is 193 Å². The van der Waals surface area contributed by atoms with Gasteiger partial charge in [0.1, 0.15) is 11.6 Å². The molecular formula is C26H32FNO5. The van der Waals surface area contributed by atoms with Gasteiger partial charge >= 0.3 is 5.97 Å². The average Bonchev–Trinajstić information content (AvgIpc) is 3.51. The van der Waals surface area contributed by atoms with Gasteiger partial charge in [0, 0.05) is 18.0 Å². The second-order valence-corrected chi connectivity index (χ2v) is 11.5. The molecule has 1 aliphatic heterocycles. The van der Waals surface area contributed by atoms with Gasteiger partial charge < -0.3 is 19.8 Å². The first kappa shape index (κ1) is 21.4. The van der Waals surface area contributed by atoms with Crippen LogP contribution in [-0.2, 0) is 4.79 Å². The molecule has 0 spiro atoms. The number of benzene rings is 1. The number of aliphatic carboxylic acids is 1. The summed E-state index contributed by atoms with van der Waals surface area (Å²) in [5.74, 6) is 0.613. The van der Waals surface area contributed by atoms with E-state index in [0.29, 0.717) is 12.4 Å². The molecule has 2 N–H and O–H groups in total. The van der Waals surface area contributed by atoms with Crippen LogP contribution < -0.4 is 4.74 Å². The molecule has 0 aromatic heterocycles. The van der Waals surface area contributed by atoms with Crippen LogP contribution in [0.3, 0.4) is 0 Å². The number of carbonyl (C=O) groups is 2. The maximum absolute atomic E-state index is 15.2. The molecule has 2 atom stereocenters. The van der Waals surface area contributed by atoms with E-state index >= 15 is 4.39 Å². The molecule has 0 radical (unpaired) electrons. The monoisotopic (exact) mass is 457 g/mol. The molecule has 5 aliphatic carbocycles. The van der Waals surface area contributed by atoms with Crippen molar-refractivity contribution in [2.24, 2.45) is 23.2 Å². The van der Waals surface area contributed by atoms with E-state index in [1.807, 2.05) is 0 Å². The van der Waals surface area contributed by atoms with E-state index in [0.717, 1.165) is 41.1 Å². The van der Waals surface area contributed by atoms with E-state index in [-0.39, 0.29) is 29.9 Å². The highest BCUT2D eigenvalue weighted by atomic mass is 19.1. The van der Waals surface area contributed by atoms with Gasteiger partial charge in [-0.25, -0.2) is 9.18 Å². The molecule has 1 saturated heterocycles. The number of ether oxygens (including phenoxy) is 1. The number of hydrogen-bond donors (Lipinski definition) is 2. The van der Waals surface area contributed by atoms with E-state index in [9.17, 15) is 19.8 Å². The zero-order chi connectivity index (χ0) is 22.9. The summed E-state index contributed by atoms with van der Waals surface area (Å²) >= 11 is 0. The zero-order valence-electron chi connectivity index (χ0n) is 18.8. The summed E-state index contributed by atoms with van der Waals surface area (Å²) in [4.78, 5) is 25.7. The van der Waals surface area contributed by atoms with E-state index in [1.54, 1.807) is 6.07 Å². The topological polar surface area (TPSA) is 87.1 Å². The van der Waals surface area contributed by atoms with Crippen LogP contribution in [-0.4, -0.2) is 52.3 Å². The van der Waals surface area contributed by atoms with Crippen LogP contribution in [0.15, 0.2) is 12.1 Å². The normalized spacial score (nSPS) is 36.9. The largest absolute Gasteiger partial charge is 0.493 e. The SMILES string of the molecule is O=C(O)[C@@H]1[C@H](O)CCN1C(=O)c1cc(C2CC2)c(OCC23CC4CC(CC(C4)C2)C3)cc1F. The molecule has 33 heavy (non-hydrogen) atoms. The standard InChI is InChI=1S/C26H32FNO5/c27-20-9-22(33-13-26-10-14-5-15(11-26)7-16(6-14)12-26)18(17-1-2-17)8-19(20)24(30)28-4-3-21(29)23(28)25(31)32/h8-9,14-17,21,23,29H,1-7,10-13H2,(H,31,32)/t14?,15?,16?,21-,23+,26?/m1/s1. The van der Waals surface area contributed by atoms with Crippen LogP contribution in [0.4, 0.5) is 4.39 Å². The summed E-state index contributed by atoms with van der Waals surface area (Å²) in [7, 11) is 0. The quantitative estimate of drug-likeness (QED) is 0.675. The van der Waals surface area contributed by atoms with Crippen molar-refractivity contribution in [3.05, 3.63) is 29.1 Å². The number of rotatable bonds is 6.